The Kier molecular flexibility index (Phi) is 4.92. The number of hydrogen-bond donors (Lipinski definition) is 3. The molecule has 1 heterocycles. The molecule has 0 atom stereocenters. The minimum absolute atomic E-state index is 0.233. The number of amides is 2. The highest BCUT2D eigenvalue weighted by atomic mass is 35.5. The lowest BCUT2D eigenvalue weighted by molar-refractivity contribution is 0.251. The molecule has 3 rings (SSSR count). The standard InChI is InChI=1S/C16H18ClN5O/c17-12-3-1-2-11(10-12)8-9-18-14-6-7-15(22-21-14)20-16(23)19-13-4-5-13/h1-3,6-7,10,13H,4-5,8-9H2,(H,18,21)(H2,19,20,22,23). The van der Waals surface area contributed by atoms with Gasteiger partial charge in [-0.2, -0.15) is 0 Å². The highest BCUT2D eigenvalue weighted by molar-refractivity contribution is 6.30. The Hall–Kier alpha value is -2.34. The number of nitrogens with one attached hydrogen (secondary N) is 3. The number of aromatic nitrogens is 2. The van der Waals surface area contributed by atoms with Crippen LogP contribution in [0.5, 0.6) is 0 Å². The van der Waals surface area contributed by atoms with E-state index in [0.717, 1.165) is 36.4 Å². The van der Waals surface area contributed by atoms with E-state index >= 15 is 0 Å². The van der Waals surface area contributed by atoms with Gasteiger partial charge in [0.25, 0.3) is 0 Å². The van der Waals surface area contributed by atoms with Gasteiger partial charge < -0.3 is 10.6 Å². The van der Waals surface area contributed by atoms with Gasteiger partial charge in [0.1, 0.15) is 5.82 Å². The van der Waals surface area contributed by atoms with Crippen LogP contribution in [0, 0.1) is 0 Å². The van der Waals surface area contributed by atoms with E-state index in [9.17, 15) is 4.79 Å². The third kappa shape index (κ3) is 5.10. The van der Waals surface area contributed by atoms with Gasteiger partial charge in [0.2, 0.25) is 0 Å². The average Bonchev–Trinajstić information content (AvgIpc) is 3.33. The predicted molar refractivity (Wildman–Crippen MR) is 90.9 cm³/mol. The van der Waals surface area contributed by atoms with E-state index in [1.54, 1.807) is 12.1 Å². The SMILES string of the molecule is O=C(Nc1ccc(NCCc2cccc(Cl)c2)nn1)NC1CC1. The minimum atomic E-state index is -0.233. The van der Waals surface area contributed by atoms with Gasteiger partial charge in [-0.05, 0) is 49.1 Å². The average molecular weight is 332 g/mol. The minimum Gasteiger partial charge on any atom is -0.368 e. The van der Waals surface area contributed by atoms with Crippen LogP contribution < -0.4 is 16.0 Å². The van der Waals surface area contributed by atoms with Crippen molar-refractivity contribution in [3.8, 4) is 0 Å². The van der Waals surface area contributed by atoms with Crippen molar-refractivity contribution in [3.63, 3.8) is 0 Å². The summed E-state index contributed by atoms with van der Waals surface area (Å²) in [7, 11) is 0. The molecule has 1 aliphatic rings. The van der Waals surface area contributed by atoms with Crippen molar-refractivity contribution in [3.05, 3.63) is 47.0 Å². The fourth-order valence-electron chi connectivity index (χ4n) is 2.09. The van der Waals surface area contributed by atoms with Crippen molar-refractivity contribution in [2.45, 2.75) is 25.3 Å². The Balaban J connectivity index is 1.44. The molecule has 23 heavy (non-hydrogen) atoms. The van der Waals surface area contributed by atoms with E-state index in [1.165, 1.54) is 0 Å². The fourth-order valence-corrected chi connectivity index (χ4v) is 2.30. The second-order valence-corrected chi connectivity index (χ2v) is 5.92. The summed E-state index contributed by atoms with van der Waals surface area (Å²) in [4.78, 5) is 11.6. The van der Waals surface area contributed by atoms with Gasteiger partial charge in [-0.15, -0.1) is 10.2 Å². The van der Waals surface area contributed by atoms with Gasteiger partial charge in [0.05, 0.1) is 0 Å². The summed E-state index contributed by atoms with van der Waals surface area (Å²) >= 11 is 5.95. The lowest BCUT2D eigenvalue weighted by Gasteiger charge is -2.07. The van der Waals surface area contributed by atoms with Crippen LogP contribution in [0.4, 0.5) is 16.4 Å². The van der Waals surface area contributed by atoms with Crippen LogP contribution in [-0.4, -0.2) is 28.8 Å². The first kappa shape index (κ1) is 15.6. The number of halogens is 1. The summed E-state index contributed by atoms with van der Waals surface area (Å²) in [6, 6.07) is 11.4. The van der Waals surface area contributed by atoms with Crippen LogP contribution in [0.25, 0.3) is 0 Å². The summed E-state index contributed by atoms with van der Waals surface area (Å²) in [5, 5.41) is 17.4. The summed E-state index contributed by atoms with van der Waals surface area (Å²) < 4.78 is 0. The molecular weight excluding hydrogens is 314 g/mol. The molecule has 120 valence electrons. The topological polar surface area (TPSA) is 78.9 Å². The van der Waals surface area contributed by atoms with Gasteiger partial charge >= 0.3 is 6.03 Å². The van der Waals surface area contributed by atoms with Crippen LogP contribution >= 0.6 is 11.6 Å². The Labute approximate surface area is 139 Å². The molecule has 1 aromatic heterocycles. The molecule has 6 nitrogen and oxygen atoms in total. The Morgan fingerprint density at radius 1 is 1.17 bits per heavy atom. The van der Waals surface area contributed by atoms with Gasteiger partial charge in [0.15, 0.2) is 5.82 Å². The second kappa shape index (κ2) is 7.28. The predicted octanol–water partition coefficient (Wildman–Crippen LogP) is 3.07. The van der Waals surface area contributed by atoms with E-state index in [-0.39, 0.29) is 6.03 Å². The third-order valence-electron chi connectivity index (χ3n) is 3.43. The number of nitrogens with zero attached hydrogens (tertiary/aromatic N) is 2. The third-order valence-corrected chi connectivity index (χ3v) is 3.66. The summed E-state index contributed by atoms with van der Waals surface area (Å²) in [5.74, 6) is 1.10. The largest absolute Gasteiger partial charge is 0.368 e. The zero-order chi connectivity index (χ0) is 16.1. The summed E-state index contributed by atoms with van der Waals surface area (Å²) in [5.41, 5.74) is 1.16. The maximum atomic E-state index is 11.6. The van der Waals surface area contributed by atoms with Gasteiger partial charge in [-0.25, -0.2) is 4.79 Å². The maximum absolute atomic E-state index is 11.6. The number of carbonyl (C=O) groups excluding carboxylic acids is 1. The number of anilines is 2. The molecule has 0 spiro atoms. The number of rotatable bonds is 6. The lowest BCUT2D eigenvalue weighted by Crippen LogP contribution is -2.30. The van der Waals surface area contributed by atoms with E-state index in [4.69, 9.17) is 11.6 Å². The molecule has 2 amide bonds. The van der Waals surface area contributed by atoms with Gasteiger partial charge in [-0.3, -0.25) is 5.32 Å². The smallest absolute Gasteiger partial charge is 0.320 e. The van der Waals surface area contributed by atoms with Gasteiger partial charge in [-0.1, -0.05) is 23.7 Å². The van der Waals surface area contributed by atoms with Crippen LogP contribution in [0.1, 0.15) is 18.4 Å². The molecule has 0 bridgehead atoms. The molecule has 7 heteroatoms. The molecule has 1 saturated carbocycles. The number of benzene rings is 1. The zero-order valence-corrected chi connectivity index (χ0v) is 13.3. The molecule has 0 saturated heterocycles. The van der Waals surface area contributed by atoms with Crippen molar-refractivity contribution < 1.29 is 4.79 Å². The first-order valence-electron chi connectivity index (χ1n) is 7.58. The highest BCUT2D eigenvalue weighted by Gasteiger charge is 2.23. The van der Waals surface area contributed by atoms with Crippen molar-refractivity contribution in [1.29, 1.82) is 0 Å². The van der Waals surface area contributed by atoms with E-state index in [0.29, 0.717) is 17.7 Å². The van der Waals surface area contributed by atoms with Crippen LogP contribution in [0.15, 0.2) is 36.4 Å². The molecule has 0 aliphatic heterocycles. The monoisotopic (exact) mass is 331 g/mol. The summed E-state index contributed by atoms with van der Waals surface area (Å²) in [6.45, 7) is 0.726. The number of urea groups is 1. The van der Waals surface area contributed by atoms with Crippen LogP contribution in [-0.2, 0) is 6.42 Å². The molecule has 0 unspecified atom stereocenters. The van der Waals surface area contributed by atoms with E-state index < -0.39 is 0 Å². The van der Waals surface area contributed by atoms with Gasteiger partial charge in [0, 0.05) is 17.6 Å². The fraction of sp³-hybridized carbons (Fsp3) is 0.312. The molecule has 2 aromatic rings. The molecule has 0 radical (unpaired) electrons. The highest BCUT2D eigenvalue weighted by Crippen LogP contribution is 2.18. The molecular formula is C16H18ClN5O. The first-order valence-corrected chi connectivity index (χ1v) is 7.96. The molecule has 3 N–H and O–H groups in total. The second-order valence-electron chi connectivity index (χ2n) is 5.48. The zero-order valence-electron chi connectivity index (χ0n) is 12.6. The van der Waals surface area contributed by atoms with Crippen LogP contribution in [0.2, 0.25) is 5.02 Å². The molecule has 1 aromatic carbocycles. The molecule has 1 aliphatic carbocycles. The Bertz CT molecular complexity index is 672. The molecule has 1 fully saturated rings. The summed E-state index contributed by atoms with van der Waals surface area (Å²) in [6.07, 6.45) is 2.94. The number of hydrogen-bond acceptors (Lipinski definition) is 4. The lowest BCUT2D eigenvalue weighted by atomic mass is 10.1. The quantitative estimate of drug-likeness (QED) is 0.760. The number of carbonyl (C=O) groups is 1. The van der Waals surface area contributed by atoms with E-state index in [2.05, 4.69) is 26.1 Å². The Morgan fingerprint density at radius 2 is 1.96 bits per heavy atom. The van der Waals surface area contributed by atoms with Crippen molar-refractivity contribution in [2.24, 2.45) is 0 Å². The van der Waals surface area contributed by atoms with Crippen LogP contribution in [0.3, 0.4) is 0 Å². The van der Waals surface area contributed by atoms with Crippen molar-refractivity contribution in [2.75, 3.05) is 17.2 Å². The Morgan fingerprint density at radius 3 is 2.65 bits per heavy atom. The normalized spacial score (nSPS) is 13.4. The van der Waals surface area contributed by atoms with Crippen molar-refractivity contribution >= 4 is 29.3 Å². The van der Waals surface area contributed by atoms with E-state index in [1.807, 2.05) is 24.3 Å². The first-order chi connectivity index (χ1) is 11.2. The maximum Gasteiger partial charge on any atom is 0.320 e. The van der Waals surface area contributed by atoms with Crippen molar-refractivity contribution in [1.82, 2.24) is 15.5 Å².